The van der Waals surface area contributed by atoms with Crippen LogP contribution in [0.3, 0.4) is 0 Å². The molecule has 1 aliphatic heterocycles. The lowest BCUT2D eigenvalue weighted by molar-refractivity contribution is 0.178. The minimum Gasteiger partial charge on any atom is -0.395 e. The fourth-order valence-corrected chi connectivity index (χ4v) is 1.75. The monoisotopic (exact) mass is 172 g/mol. The molecule has 72 valence electrons. The van der Waals surface area contributed by atoms with Crippen molar-refractivity contribution in [3.63, 3.8) is 0 Å². The average molecular weight is 172 g/mol. The van der Waals surface area contributed by atoms with Crippen molar-refractivity contribution < 1.29 is 5.11 Å². The van der Waals surface area contributed by atoms with Gasteiger partial charge in [0.1, 0.15) is 0 Å². The van der Waals surface area contributed by atoms with Gasteiger partial charge < -0.3 is 15.3 Å². The van der Waals surface area contributed by atoms with Gasteiger partial charge in [-0.25, -0.2) is 0 Å². The lowest BCUT2D eigenvalue weighted by Crippen LogP contribution is -2.43. The number of hydrogen-bond donors (Lipinski definition) is 2. The fourth-order valence-electron chi connectivity index (χ4n) is 1.75. The molecule has 0 aromatic rings. The van der Waals surface area contributed by atoms with E-state index in [0.717, 1.165) is 13.1 Å². The molecule has 0 amide bonds. The zero-order valence-corrected chi connectivity index (χ0v) is 7.92. The molecular formula is C9H20N2O. The quantitative estimate of drug-likeness (QED) is 0.588. The summed E-state index contributed by atoms with van der Waals surface area (Å²) < 4.78 is 0. The van der Waals surface area contributed by atoms with Gasteiger partial charge in [-0.3, -0.25) is 0 Å². The van der Waals surface area contributed by atoms with Gasteiger partial charge in [0.15, 0.2) is 0 Å². The summed E-state index contributed by atoms with van der Waals surface area (Å²) >= 11 is 0. The standard InChI is InChI=1S/C9H20N2O/c1-11-6-3-2-4-9(11)8-10-5-7-12/h9-10,12H,2-8H2,1H3/t9-/m1/s1. The van der Waals surface area contributed by atoms with Gasteiger partial charge in [-0.2, -0.15) is 0 Å². The molecule has 1 rings (SSSR count). The van der Waals surface area contributed by atoms with E-state index in [2.05, 4.69) is 17.3 Å². The summed E-state index contributed by atoms with van der Waals surface area (Å²) in [5.74, 6) is 0. The van der Waals surface area contributed by atoms with Crippen molar-refractivity contribution in [2.75, 3.05) is 33.3 Å². The van der Waals surface area contributed by atoms with Crippen LogP contribution in [0.15, 0.2) is 0 Å². The molecule has 0 radical (unpaired) electrons. The summed E-state index contributed by atoms with van der Waals surface area (Å²) in [5.41, 5.74) is 0. The van der Waals surface area contributed by atoms with E-state index in [9.17, 15) is 0 Å². The van der Waals surface area contributed by atoms with Crippen molar-refractivity contribution in [2.45, 2.75) is 25.3 Å². The Kier molecular flexibility index (Phi) is 4.58. The van der Waals surface area contributed by atoms with Gasteiger partial charge in [0.05, 0.1) is 6.61 Å². The van der Waals surface area contributed by atoms with E-state index in [-0.39, 0.29) is 6.61 Å². The van der Waals surface area contributed by atoms with E-state index >= 15 is 0 Å². The Morgan fingerprint density at radius 3 is 3.00 bits per heavy atom. The first-order chi connectivity index (χ1) is 5.84. The summed E-state index contributed by atoms with van der Waals surface area (Å²) in [4.78, 5) is 2.41. The molecule has 0 aromatic carbocycles. The van der Waals surface area contributed by atoms with E-state index in [4.69, 9.17) is 5.11 Å². The van der Waals surface area contributed by atoms with Gasteiger partial charge in [0, 0.05) is 19.1 Å². The van der Waals surface area contributed by atoms with Crippen LogP contribution in [-0.4, -0.2) is 49.3 Å². The molecule has 1 saturated heterocycles. The lowest BCUT2D eigenvalue weighted by Gasteiger charge is -2.32. The number of aliphatic hydroxyl groups excluding tert-OH is 1. The maximum atomic E-state index is 8.59. The minimum atomic E-state index is 0.246. The van der Waals surface area contributed by atoms with E-state index in [1.807, 2.05) is 0 Å². The summed E-state index contributed by atoms with van der Waals surface area (Å²) in [6.07, 6.45) is 4.00. The molecule has 0 aromatic heterocycles. The number of piperidine rings is 1. The molecule has 2 N–H and O–H groups in total. The maximum Gasteiger partial charge on any atom is 0.0555 e. The number of hydrogen-bond acceptors (Lipinski definition) is 3. The Morgan fingerprint density at radius 2 is 2.33 bits per heavy atom. The molecule has 1 heterocycles. The van der Waals surface area contributed by atoms with Crippen LogP contribution in [0.5, 0.6) is 0 Å². The molecule has 12 heavy (non-hydrogen) atoms. The number of nitrogens with one attached hydrogen (secondary N) is 1. The van der Waals surface area contributed by atoms with Crippen molar-refractivity contribution in [1.82, 2.24) is 10.2 Å². The van der Waals surface area contributed by atoms with Crippen LogP contribution in [0.4, 0.5) is 0 Å². The van der Waals surface area contributed by atoms with Crippen molar-refractivity contribution in [3.05, 3.63) is 0 Å². The van der Waals surface area contributed by atoms with Crippen LogP contribution in [0.1, 0.15) is 19.3 Å². The van der Waals surface area contributed by atoms with Crippen LogP contribution in [0.2, 0.25) is 0 Å². The predicted molar refractivity (Wildman–Crippen MR) is 50.2 cm³/mol. The van der Waals surface area contributed by atoms with Gasteiger partial charge in [0.25, 0.3) is 0 Å². The molecule has 3 nitrogen and oxygen atoms in total. The number of aliphatic hydroxyl groups is 1. The molecule has 0 saturated carbocycles. The predicted octanol–water partition coefficient (Wildman–Crippen LogP) is 0.0526. The highest BCUT2D eigenvalue weighted by molar-refractivity contribution is 4.75. The Balaban J connectivity index is 2.11. The van der Waals surface area contributed by atoms with E-state index < -0.39 is 0 Å². The third-order valence-electron chi connectivity index (χ3n) is 2.59. The Hall–Kier alpha value is -0.120. The molecule has 3 heteroatoms. The van der Waals surface area contributed by atoms with Crippen molar-refractivity contribution >= 4 is 0 Å². The van der Waals surface area contributed by atoms with Gasteiger partial charge in [-0.15, -0.1) is 0 Å². The van der Waals surface area contributed by atoms with Gasteiger partial charge >= 0.3 is 0 Å². The molecular weight excluding hydrogens is 152 g/mol. The molecule has 0 spiro atoms. The molecule has 1 aliphatic rings. The zero-order chi connectivity index (χ0) is 8.81. The topological polar surface area (TPSA) is 35.5 Å². The molecule has 0 bridgehead atoms. The highest BCUT2D eigenvalue weighted by atomic mass is 16.3. The smallest absolute Gasteiger partial charge is 0.0555 e. The minimum absolute atomic E-state index is 0.246. The van der Waals surface area contributed by atoms with E-state index in [1.54, 1.807) is 0 Å². The highest BCUT2D eigenvalue weighted by Crippen LogP contribution is 2.13. The maximum absolute atomic E-state index is 8.59. The summed E-state index contributed by atoms with van der Waals surface area (Å²) in [6.45, 7) is 3.23. The van der Waals surface area contributed by atoms with Crippen LogP contribution in [-0.2, 0) is 0 Å². The first kappa shape index (κ1) is 9.96. The molecule has 0 aliphatic carbocycles. The van der Waals surface area contributed by atoms with Crippen LogP contribution < -0.4 is 5.32 Å². The van der Waals surface area contributed by atoms with E-state index in [0.29, 0.717) is 6.04 Å². The number of nitrogens with zero attached hydrogens (tertiary/aromatic N) is 1. The number of likely N-dealkylation sites (tertiary alicyclic amines) is 1. The molecule has 0 unspecified atom stereocenters. The lowest BCUT2D eigenvalue weighted by atomic mass is 10.0. The van der Waals surface area contributed by atoms with E-state index in [1.165, 1.54) is 25.8 Å². The summed E-state index contributed by atoms with van der Waals surface area (Å²) in [6, 6.07) is 0.685. The summed E-state index contributed by atoms with van der Waals surface area (Å²) in [7, 11) is 2.18. The largest absolute Gasteiger partial charge is 0.395 e. The number of likely N-dealkylation sites (N-methyl/N-ethyl adjacent to an activating group) is 1. The Labute approximate surface area is 74.8 Å². The normalized spacial score (nSPS) is 26.0. The number of rotatable bonds is 4. The third kappa shape index (κ3) is 3.09. The third-order valence-corrected chi connectivity index (χ3v) is 2.59. The van der Waals surface area contributed by atoms with Crippen LogP contribution >= 0.6 is 0 Å². The molecule has 1 fully saturated rings. The zero-order valence-electron chi connectivity index (χ0n) is 7.92. The first-order valence-electron chi connectivity index (χ1n) is 4.86. The summed E-state index contributed by atoms with van der Waals surface area (Å²) in [5, 5.41) is 11.8. The first-order valence-corrected chi connectivity index (χ1v) is 4.86. The SMILES string of the molecule is CN1CCCC[C@@H]1CNCCO. The second-order valence-electron chi connectivity index (χ2n) is 3.56. The van der Waals surface area contributed by atoms with Crippen LogP contribution in [0, 0.1) is 0 Å². The average Bonchev–Trinajstić information content (AvgIpc) is 2.09. The second-order valence-corrected chi connectivity index (χ2v) is 3.56. The Bertz CT molecular complexity index is 119. The molecule has 1 atom stereocenters. The highest BCUT2D eigenvalue weighted by Gasteiger charge is 2.17. The second kappa shape index (κ2) is 5.51. The fraction of sp³-hybridized carbons (Fsp3) is 1.00. The van der Waals surface area contributed by atoms with Crippen molar-refractivity contribution in [1.29, 1.82) is 0 Å². The van der Waals surface area contributed by atoms with Gasteiger partial charge in [0.2, 0.25) is 0 Å². The van der Waals surface area contributed by atoms with Gasteiger partial charge in [-0.1, -0.05) is 6.42 Å². The Morgan fingerprint density at radius 1 is 1.50 bits per heavy atom. The van der Waals surface area contributed by atoms with Crippen molar-refractivity contribution in [3.8, 4) is 0 Å². The van der Waals surface area contributed by atoms with Gasteiger partial charge in [-0.05, 0) is 26.4 Å². The van der Waals surface area contributed by atoms with Crippen molar-refractivity contribution in [2.24, 2.45) is 0 Å². The van der Waals surface area contributed by atoms with Crippen LogP contribution in [0.25, 0.3) is 0 Å².